The van der Waals surface area contributed by atoms with Gasteiger partial charge in [-0.2, -0.15) is 0 Å². The maximum atomic E-state index is 12.6. The van der Waals surface area contributed by atoms with Crippen molar-refractivity contribution in [1.29, 1.82) is 0 Å². The predicted molar refractivity (Wildman–Crippen MR) is 124 cm³/mol. The van der Waals surface area contributed by atoms with E-state index in [1.54, 1.807) is 24.3 Å². The molecule has 3 aromatic rings. The Morgan fingerprint density at radius 2 is 1.58 bits per heavy atom. The van der Waals surface area contributed by atoms with Crippen molar-refractivity contribution in [2.24, 2.45) is 0 Å². The number of sulfonamides is 1. The van der Waals surface area contributed by atoms with Crippen LogP contribution in [0.15, 0.2) is 59.5 Å². The Bertz CT molecular complexity index is 1160. The van der Waals surface area contributed by atoms with E-state index in [9.17, 15) is 8.42 Å². The zero-order valence-corrected chi connectivity index (χ0v) is 19.1. The second kappa shape index (κ2) is 9.00. The fourth-order valence-electron chi connectivity index (χ4n) is 3.25. The molecule has 162 valence electrons. The summed E-state index contributed by atoms with van der Waals surface area (Å²) < 4.78 is 27.7. The molecule has 0 bridgehead atoms. The number of hydrogen-bond acceptors (Lipinski definition) is 6. The lowest BCUT2D eigenvalue weighted by molar-refractivity contribution is 0.312. The van der Waals surface area contributed by atoms with Crippen molar-refractivity contribution in [3.63, 3.8) is 0 Å². The summed E-state index contributed by atoms with van der Waals surface area (Å²) in [4.78, 5) is 4.55. The summed E-state index contributed by atoms with van der Waals surface area (Å²) in [7, 11) is -1.67. The molecule has 0 amide bonds. The minimum Gasteiger partial charge on any atom is -0.353 e. The van der Waals surface area contributed by atoms with Crippen molar-refractivity contribution < 1.29 is 8.42 Å². The first-order valence-corrected chi connectivity index (χ1v) is 11.9. The topological polar surface area (TPSA) is 78.4 Å². The van der Waals surface area contributed by atoms with E-state index < -0.39 is 10.0 Å². The number of halogens is 2. The van der Waals surface area contributed by atoms with Gasteiger partial charge >= 0.3 is 0 Å². The van der Waals surface area contributed by atoms with Gasteiger partial charge in [-0.3, -0.25) is 4.72 Å². The summed E-state index contributed by atoms with van der Waals surface area (Å²) in [6.07, 6.45) is 0. The summed E-state index contributed by atoms with van der Waals surface area (Å²) in [5.74, 6) is 0.864. The number of nitrogens with zero attached hydrogens (tertiary/aromatic N) is 4. The number of piperazine rings is 1. The zero-order valence-electron chi connectivity index (χ0n) is 16.8. The molecule has 10 heteroatoms. The molecule has 1 aliphatic rings. The summed E-state index contributed by atoms with van der Waals surface area (Å²) in [5.41, 5.74) is 1.99. The van der Waals surface area contributed by atoms with E-state index in [0.717, 1.165) is 43.3 Å². The van der Waals surface area contributed by atoms with Crippen LogP contribution < -0.4 is 9.62 Å². The van der Waals surface area contributed by atoms with Crippen LogP contribution in [0.2, 0.25) is 10.0 Å². The third kappa shape index (κ3) is 5.10. The van der Waals surface area contributed by atoms with E-state index in [4.69, 9.17) is 23.2 Å². The van der Waals surface area contributed by atoms with E-state index in [0.29, 0.717) is 10.7 Å². The fraction of sp³-hybridized carbons (Fsp3) is 0.238. The standard InChI is InChI=1S/C21H21Cl2N5O2S/c1-27-10-12-28(13-11-27)21-9-8-20(24-25-21)15-2-4-16(5-3-15)26-31(29,30)17-6-7-18(22)19(23)14-17/h2-9,14,26H,10-13H2,1H3. The van der Waals surface area contributed by atoms with E-state index in [2.05, 4.69) is 31.8 Å². The summed E-state index contributed by atoms with van der Waals surface area (Å²) in [6, 6.07) is 15.0. The molecule has 0 atom stereocenters. The fourth-order valence-corrected chi connectivity index (χ4v) is 4.70. The number of anilines is 2. The number of nitrogens with one attached hydrogen (secondary N) is 1. The highest BCUT2D eigenvalue weighted by atomic mass is 35.5. The number of rotatable bonds is 5. The molecular weight excluding hydrogens is 457 g/mol. The largest absolute Gasteiger partial charge is 0.353 e. The first-order valence-electron chi connectivity index (χ1n) is 9.67. The molecule has 2 heterocycles. The maximum Gasteiger partial charge on any atom is 0.261 e. The van der Waals surface area contributed by atoms with Gasteiger partial charge in [0.15, 0.2) is 5.82 Å². The predicted octanol–water partition coefficient (Wildman–Crippen LogP) is 4.00. The van der Waals surface area contributed by atoms with Crippen molar-refractivity contribution in [1.82, 2.24) is 15.1 Å². The Kier molecular flexibility index (Phi) is 6.34. The molecule has 1 saturated heterocycles. The zero-order chi connectivity index (χ0) is 22.0. The van der Waals surface area contributed by atoms with Crippen LogP contribution in [0.5, 0.6) is 0 Å². The SMILES string of the molecule is CN1CCN(c2ccc(-c3ccc(NS(=O)(=O)c4ccc(Cl)c(Cl)c4)cc3)nn2)CC1. The van der Waals surface area contributed by atoms with E-state index in [-0.39, 0.29) is 9.92 Å². The Morgan fingerprint density at radius 1 is 0.871 bits per heavy atom. The van der Waals surface area contributed by atoms with Gasteiger partial charge in [0.1, 0.15) is 0 Å². The highest BCUT2D eigenvalue weighted by Crippen LogP contribution is 2.27. The van der Waals surface area contributed by atoms with Crippen LogP contribution in [0.3, 0.4) is 0 Å². The maximum absolute atomic E-state index is 12.6. The van der Waals surface area contributed by atoms with Gasteiger partial charge in [-0.25, -0.2) is 8.42 Å². The average Bonchev–Trinajstić information content (AvgIpc) is 2.76. The molecule has 2 aromatic carbocycles. The molecule has 1 aliphatic heterocycles. The molecule has 1 fully saturated rings. The summed E-state index contributed by atoms with van der Waals surface area (Å²) >= 11 is 11.8. The molecule has 0 aliphatic carbocycles. The second-order valence-corrected chi connectivity index (χ2v) is 9.82. The first-order chi connectivity index (χ1) is 14.8. The van der Waals surface area contributed by atoms with Crippen molar-refractivity contribution >= 4 is 44.7 Å². The Hall–Kier alpha value is -2.39. The number of aromatic nitrogens is 2. The molecule has 0 saturated carbocycles. The van der Waals surface area contributed by atoms with Gasteiger partial charge in [0, 0.05) is 37.4 Å². The lowest BCUT2D eigenvalue weighted by Crippen LogP contribution is -2.44. The third-order valence-electron chi connectivity index (χ3n) is 5.11. The van der Waals surface area contributed by atoms with Crippen LogP contribution in [0.25, 0.3) is 11.3 Å². The molecule has 0 unspecified atom stereocenters. The van der Waals surface area contributed by atoms with Crippen molar-refractivity contribution in [2.75, 3.05) is 42.8 Å². The lowest BCUT2D eigenvalue weighted by Gasteiger charge is -2.32. The summed E-state index contributed by atoms with van der Waals surface area (Å²) in [6.45, 7) is 3.86. The molecular formula is C21H21Cl2N5O2S. The Morgan fingerprint density at radius 3 is 2.19 bits per heavy atom. The van der Waals surface area contributed by atoms with Gasteiger partial charge in [0.2, 0.25) is 0 Å². The third-order valence-corrected chi connectivity index (χ3v) is 7.23. The van der Waals surface area contributed by atoms with Crippen molar-refractivity contribution in [2.45, 2.75) is 4.90 Å². The van der Waals surface area contributed by atoms with Gasteiger partial charge in [-0.15, -0.1) is 10.2 Å². The molecule has 0 spiro atoms. The van der Waals surface area contributed by atoms with Crippen LogP contribution in [0.1, 0.15) is 0 Å². The van der Waals surface area contributed by atoms with Gasteiger partial charge in [-0.1, -0.05) is 35.3 Å². The smallest absolute Gasteiger partial charge is 0.261 e. The van der Waals surface area contributed by atoms with Crippen LogP contribution in [0, 0.1) is 0 Å². The quantitative estimate of drug-likeness (QED) is 0.597. The van der Waals surface area contributed by atoms with Gasteiger partial charge in [0.05, 0.1) is 20.6 Å². The average molecular weight is 478 g/mol. The Labute approximate surface area is 191 Å². The van der Waals surface area contributed by atoms with E-state index >= 15 is 0 Å². The van der Waals surface area contributed by atoms with Crippen LogP contribution in [0.4, 0.5) is 11.5 Å². The highest BCUT2D eigenvalue weighted by molar-refractivity contribution is 7.92. The van der Waals surface area contributed by atoms with Crippen molar-refractivity contribution in [3.05, 3.63) is 64.6 Å². The number of likely N-dealkylation sites (N-methyl/N-ethyl adjacent to an activating group) is 1. The van der Waals surface area contributed by atoms with Crippen LogP contribution in [-0.2, 0) is 10.0 Å². The van der Waals surface area contributed by atoms with Gasteiger partial charge in [0.25, 0.3) is 10.0 Å². The Balaban J connectivity index is 1.46. The van der Waals surface area contributed by atoms with E-state index in [1.807, 2.05) is 12.1 Å². The van der Waals surface area contributed by atoms with Crippen LogP contribution >= 0.6 is 23.2 Å². The molecule has 0 radical (unpaired) electrons. The monoisotopic (exact) mass is 477 g/mol. The minimum atomic E-state index is -3.78. The normalized spacial score (nSPS) is 15.1. The van der Waals surface area contributed by atoms with Crippen LogP contribution in [-0.4, -0.2) is 56.7 Å². The summed E-state index contributed by atoms with van der Waals surface area (Å²) in [5, 5.41) is 9.18. The van der Waals surface area contributed by atoms with Gasteiger partial charge < -0.3 is 9.80 Å². The molecule has 1 aromatic heterocycles. The number of hydrogen-bond donors (Lipinski definition) is 1. The molecule has 1 N–H and O–H groups in total. The number of benzene rings is 2. The molecule has 4 rings (SSSR count). The van der Waals surface area contributed by atoms with Crippen molar-refractivity contribution in [3.8, 4) is 11.3 Å². The lowest BCUT2D eigenvalue weighted by atomic mass is 10.1. The highest BCUT2D eigenvalue weighted by Gasteiger charge is 2.17. The first kappa shape index (κ1) is 21.8. The minimum absolute atomic E-state index is 0.0383. The second-order valence-electron chi connectivity index (χ2n) is 7.33. The van der Waals surface area contributed by atoms with E-state index in [1.165, 1.54) is 18.2 Å². The van der Waals surface area contributed by atoms with Gasteiger partial charge in [-0.05, 0) is 49.5 Å². The molecule has 31 heavy (non-hydrogen) atoms. The molecule has 7 nitrogen and oxygen atoms in total.